The molecule has 2 N–H and O–H groups in total. The third-order valence-electron chi connectivity index (χ3n) is 6.50. The molecule has 0 unspecified atom stereocenters. The van der Waals surface area contributed by atoms with Crippen molar-refractivity contribution < 1.29 is 9.59 Å². The van der Waals surface area contributed by atoms with Crippen LogP contribution >= 0.6 is 0 Å². The van der Waals surface area contributed by atoms with Crippen LogP contribution in [-0.4, -0.2) is 29.8 Å². The van der Waals surface area contributed by atoms with Crippen LogP contribution < -0.4 is 5.73 Å². The molecule has 1 atom stereocenters. The minimum Gasteiger partial charge on any atom is -0.369 e. The number of rotatable bonds is 5. The fourth-order valence-electron chi connectivity index (χ4n) is 4.60. The normalized spacial score (nSPS) is 22.5. The Morgan fingerprint density at radius 3 is 2.39 bits per heavy atom. The van der Waals surface area contributed by atoms with E-state index in [2.05, 4.69) is 24.3 Å². The average Bonchev–Trinajstić information content (AvgIpc) is 2.68. The molecule has 2 fully saturated rings. The van der Waals surface area contributed by atoms with Crippen LogP contribution in [0, 0.1) is 11.3 Å². The minimum absolute atomic E-state index is 0.153. The highest BCUT2D eigenvalue weighted by Gasteiger charge is 2.44. The number of likely N-dealkylation sites (tertiary alicyclic amines) is 1. The average molecular weight is 377 g/mol. The highest BCUT2D eigenvalue weighted by atomic mass is 16.2. The third-order valence-corrected chi connectivity index (χ3v) is 6.50. The van der Waals surface area contributed by atoms with Crippen molar-refractivity contribution in [3.63, 3.8) is 0 Å². The Labute approximate surface area is 166 Å². The molecule has 0 bridgehead atoms. The minimum atomic E-state index is -0.692. The van der Waals surface area contributed by atoms with Crippen LogP contribution in [0.25, 0.3) is 11.1 Å². The smallest absolute Gasteiger partial charge is 0.225 e. The van der Waals surface area contributed by atoms with Gasteiger partial charge in [-0.3, -0.25) is 9.59 Å². The summed E-state index contributed by atoms with van der Waals surface area (Å²) in [6, 6.07) is 18.4. The van der Waals surface area contributed by atoms with Gasteiger partial charge in [-0.15, -0.1) is 0 Å². The predicted molar refractivity (Wildman–Crippen MR) is 110 cm³/mol. The van der Waals surface area contributed by atoms with Crippen LogP contribution in [0.2, 0.25) is 0 Å². The monoisotopic (exact) mass is 376 g/mol. The number of hydrogen-bond donors (Lipinski definition) is 1. The molecule has 4 heteroatoms. The Morgan fingerprint density at radius 1 is 1.00 bits per heavy atom. The molecule has 2 amide bonds. The lowest BCUT2D eigenvalue weighted by molar-refractivity contribution is -0.145. The van der Waals surface area contributed by atoms with Gasteiger partial charge in [-0.05, 0) is 48.8 Å². The zero-order valence-corrected chi connectivity index (χ0v) is 16.3. The Hall–Kier alpha value is -2.62. The SMILES string of the molecule is NC(=O)[C@@]1(Cc2ccccc2-c2ccccc2)CCCN(C(=O)C2CCC2)C1. The summed E-state index contributed by atoms with van der Waals surface area (Å²) in [6.07, 6.45) is 5.23. The lowest BCUT2D eigenvalue weighted by atomic mass is 9.72. The van der Waals surface area contributed by atoms with Crippen molar-refractivity contribution in [1.29, 1.82) is 0 Å². The van der Waals surface area contributed by atoms with E-state index in [1.165, 1.54) is 0 Å². The first-order valence-corrected chi connectivity index (χ1v) is 10.3. The van der Waals surface area contributed by atoms with Gasteiger partial charge in [0, 0.05) is 19.0 Å². The molecular formula is C24H28N2O2. The van der Waals surface area contributed by atoms with Crippen molar-refractivity contribution in [2.75, 3.05) is 13.1 Å². The number of primary amides is 1. The zero-order valence-electron chi connectivity index (χ0n) is 16.3. The van der Waals surface area contributed by atoms with E-state index in [1.54, 1.807) is 0 Å². The summed E-state index contributed by atoms with van der Waals surface area (Å²) in [7, 11) is 0. The fraction of sp³-hybridized carbons (Fsp3) is 0.417. The fourth-order valence-corrected chi connectivity index (χ4v) is 4.60. The molecule has 0 spiro atoms. The van der Waals surface area contributed by atoms with Crippen LogP contribution in [0.1, 0.15) is 37.7 Å². The first kappa shape index (κ1) is 18.7. The molecule has 2 aromatic rings. The van der Waals surface area contributed by atoms with E-state index < -0.39 is 5.41 Å². The van der Waals surface area contributed by atoms with Crippen molar-refractivity contribution in [3.05, 3.63) is 60.2 Å². The Bertz CT molecular complexity index is 860. The van der Waals surface area contributed by atoms with Gasteiger partial charge in [0.25, 0.3) is 0 Å². The number of amides is 2. The molecule has 1 aliphatic carbocycles. The Kier molecular flexibility index (Phi) is 5.21. The molecule has 2 aliphatic rings. The third kappa shape index (κ3) is 3.56. The molecule has 4 rings (SSSR count). The second kappa shape index (κ2) is 7.78. The molecule has 28 heavy (non-hydrogen) atoms. The number of carbonyl (C=O) groups excluding carboxylic acids is 2. The van der Waals surface area contributed by atoms with Gasteiger partial charge in [0.2, 0.25) is 11.8 Å². The highest BCUT2D eigenvalue weighted by molar-refractivity contribution is 5.85. The van der Waals surface area contributed by atoms with Crippen LogP contribution in [0.5, 0.6) is 0 Å². The van der Waals surface area contributed by atoms with E-state index in [-0.39, 0.29) is 17.7 Å². The number of piperidine rings is 1. The number of nitrogens with zero attached hydrogens (tertiary/aromatic N) is 1. The van der Waals surface area contributed by atoms with Crippen molar-refractivity contribution in [1.82, 2.24) is 4.90 Å². The predicted octanol–water partition coefficient (Wildman–Crippen LogP) is 3.79. The lowest BCUT2D eigenvalue weighted by Gasteiger charge is -2.43. The molecule has 2 aromatic carbocycles. The van der Waals surface area contributed by atoms with Gasteiger partial charge >= 0.3 is 0 Å². The first-order valence-electron chi connectivity index (χ1n) is 10.3. The summed E-state index contributed by atoms with van der Waals surface area (Å²) >= 11 is 0. The summed E-state index contributed by atoms with van der Waals surface area (Å²) in [4.78, 5) is 27.3. The van der Waals surface area contributed by atoms with Gasteiger partial charge in [-0.25, -0.2) is 0 Å². The van der Waals surface area contributed by atoms with Gasteiger partial charge in [-0.2, -0.15) is 0 Å². The summed E-state index contributed by atoms with van der Waals surface area (Å²) in [6.45, 7) is 1.19. The maximum Gasteiger partial charge on any atom is 0.225 e. The number of nitrogens with two attached hydrogens (primary N) is 1. The molecule has 0 radical (unpaired) electrons. The largest absolute Gasteiger partial charge is 0.369 e. The molecule has 1 saturated carbocycles. The Balaban J connectivity index is 1.62. The van der Waals surface area contributed by atoms with Crippen molar-refractivity contribution >= 4 is 11.8 Å². The van der Waals surface area contributed by atoms with Crippen LogP contribution in [0.3, 0.4) is 0 Å². The maximum atomic E-state index is 12.8. The van der Waals surface area contributed by atoms with E-state index in [1.807, 2.05) is 35.2 Å². The quantitative estimate of drug-likeness (QED) is 0.863. The van der Waals surface area contributed by atoms with Crippen molar-refractivity contribution in [2.45, 2.75) is 38.5 Å². The second-order valence-corrected chi connectivity index (χ2v) is 8.34. The molecule has 146 valence electrons. The molecular weight excluding hydrogens is 348 g/mol. The Morgan fingerprint density at radius 2 is 1.71 bits per heavy atom. The zero-order chi connectivity index (χ0) is 19.6. The van der Waals surface area contributed by atoms with Gasteiger partial charge in [-0.1, -0.05) is 61.0 Å². The van der Waals surface area contributed by atoms with Crippen LogP contribution in [0.15, 0.2) is 54.6 Å². The van der Waals surface area contributed by atoms with Gasteiger partial charge < -0.3 is 10.6 Å². The van der Waals surface area contributed by atoms with E-state index in [4.69, 9.17) is 5.73 Å². The topological polar surface area (TPSA) is 63.4 Å². The van der Waals surface area contributed by atoms with Crippen LogP contribution in [0.4, 0.5) is 0 Å². The first-order chi connectivity index (χ1) is 13.6. The lowest BCUT2D eigenvalue weighted by Crippen LogP contribution is -2.54. The maximum absolute atomic E-state index is 12.8. The standard InChI is InChI=1S/C24H28N2O2/c25-23(28)24(14-7-15-26(17-24)22(27)19-11-6-12-19)16-20-10-4-5-13-21(20)18-8-2-1-3-9-18/h1-5,8-10,13,19H,6-7,11-12,14-17H2,(H2,25,28)/t24-/m1/s1. The number of benzene rings is 2. The summed E-state index contributed by atoms with van der Waals surface area (Å²) in [5.74, 6) is 0.0784. The van der Waals surface area contributed by atoms with E-state index in [9.17, 15) is 9.59 Å². The van der Waals surface area contributed by atoms with Crippen LogP contribution in [-0.2, 0) is 16.0 Å². The molecule has 1 saturated heterocycles. The second-order valence-electron chi connectivity index (χ2n) is 8.34. The number of carbonyl (C=O) groups is 2. The molecule has 1 aliphatic heterocycles. The van der Waals surface area contributed by atoms with Crippen molar-refractivity contribution in [2.24, 2.45) is 17.1 Å². The van der Waals surface area contributed by atoms with Gasteiger partial charge in [0.05, 0.1) is 5.41 Å². The van der Waals surface area contributed by atoms with E-state index in [0.717, 1.165) is 55.3 Å². The van der Waals surface area contributed by atoms with Crippen molar-refractivity contribution in [3.8, 4) is 11.1 Å². The van der Waals surface area contributed by atoms with E-state index in [0.29, 0.717) is 13.0 Å². The molecule has 1 heterocycles. The highest BCUT2D eigenvalue weighted by Crippen LogP contribution is 2.38. The summed E-state index contributed by atoms with van der Waals surface area (Å²) < 4.78 is 0. The summed E-state index contributed by atoms with van der Waals surface area (Å²) in [5, 5.41) is 0. The van der Waals surface area contributed by atoms with Gasteiger partial charge in [0.15, 0.2) is 0 Å². The molecule has 4 nitrogen and oxygen atoms in total. The number of hydrogen-bond acceptors (Lipinski definition) is 2. The van der Waals surface area contributed by atoms with Gasteiger partial charge in [0.1, 0.15) is 0 Å². The molecule has 0 aromatic heterocycles. The van der Waals surface area contributed by atoms with E-state index >= 15 is 0 Å². The summed E-state index contributed by atoms with van der Waals surface area (Å²) in [5.41, 5.74) is 8.64.